The molecule has 0 aliphatic heterocycles. The Kier molecular flexibility index (Phi) is 4.95. The predicted octanol–water partition coefficient (Wildman–Crippen LogP) is 3.91. The van der Waals surface area contributed by atoms with Crippen molar-refractivity contribution in [1.82, 2.24) is 0 Å². The van der Waals surface area contributed by atoms with Crippen molar-refractivity contribution in [1.29, 1.82) is 0 Å². The van der Waals surface area contributed by atoms with Crippen LogP contribution < -0.4 is 4.74 Å². The quantitative estimate of drug-likeness (QED) is 0.351. The number of halogens is 1. The maximum Gasteiger partial charge on any atom is 0.310 e. The number of nitro benzene ring substituents is 1. The van der Waals surface area contributed by atoms with Crippen molar-refractivity contribution < 1.29 is 14.1 Å². The molecule has 2 rings (SSSR count). The van der Waals surface area contributed by atoms with Gasteiger partial charge in [-0.15, -0.1) is 11.8 Å². The Morgan fingerprint density at radius 3 is 2.60 bits per heavy atom. The summed E-state index contributed by atoms with van der Waals surface area (Å²) >= 11 is 1.31. The number of ether oxygens (including phenoxy) is 1. The van der Waals surface area contributed by atoms with E-state index >= 15 is 0 Å². The van der Waals surface area contributed by atoms with Crippen LogP contribution in [0.25, 0.3) is 0 Å². The van der Waals surface area contributed by atoms with Gasteiger partial charge in [-0.3, -0.25) is 10.1 Å². The first-order valence-electron chi connectivity index (χ1n) is 5.92. The van der Waals surface area contributed by atoms with Crippen LogP contribution in [0, 0.1) is 15.9 Å². The van der Waals surface area contributed by atoms with Gasteiger partial charge in [-0.25, -0.2) is 4.39 Å². The molecule has 104 valence electrons. The SMILES string of the molecule is O=[N+]([O-])c1ccccc1OCCSc1ccccc1F. The molecule has 0 N–H and O–H groups in total. The van der Waals surface area contributed by atoms with E-state index in [0.717, 1.165) is 0 Å². The normalized spacial score (nSPS) is 10.2. The van der Waals surface area contributed by atoms with Gasteiger partial charge in [-0.05, 0) is 18.2 Å². The molecule has 0 atom stereocenters. The average molecular weight is 293 g/mol. The molecule has 0 saturated heterocycles. The Hall–Kier alpha value is -2.08. The van der Waals surface area contributed by atoms with Gasteiger partial charge >= 0.3 is 5.69 Å². The molecular weight excluding hydrogens is 281 g/mol. The molecule has 0 heterocycles. The minimum atomic E-state index is -0.487. The van der Waals surface area contributed by atoms with E-state index in [-0.39, 0.29) is 23.9 Å². The van der Waals surface area contributed by atoms with Crippen LogP contribution in [0.3, 0.4) is 0 Å². The van der Waals surface area contributed by atoms with Crippen molar-refractivity contribution in [2.75, 3.05) is 12.4 Å². The van der Waals surface area contributed by atoms with Crippen LogP contribution in [-0.4, -0.2) is 17.3 Å². The first-order chi connectivity index (χ1) is 9.68. The summed E-state index contributed by atoms with van der Waals surface area (Å²) < 4.78 is 18.7. The summed E-state index contributed by atoms with van der Waals surface area (Å²) in [5.74, 6) is 0.460. The summed E-state index contributed by atoms with van der Waals surface area (Å²) in [5.41, 5.74) is -0.0663. The lowest BCUT2D eigenvalue weighted by Crippen LogP contribution is -2.02. The Balaban J connectivity index is 1.88. The number of thioether (sulfide) groups is 1. The van der Waals surface area contributed by atoms with Gasteiger partial charge in [0.2, 0.25) is 0 Å². The number of hydrogen-bond acceptors (Lipinski definition) is 4. The van der Waals surface area contributed by atoms with E-state index in [4.69, 9.17) is 4.74 Å². The molecule has 0 fully saturated rings. The zero-order valence-corrected chi connectivity index (χ0v) is 11.3. The fourth-order valence-corrected chi connectivity index (χ4v) is 2.36. The van der Waals surface area contributed by atoms with Gasteiger partial charge < -0.3 is 4.74 Å². The topological polar surface area (TPSA) is 52.4 Å². The number of benzene rings is 2. The molecule has 2 aromatic rings. The third-order valence-corrected chi connectivity index (χ3v) is 3.51. The molecule has 6 heteroatoms. The number of para-hydroxylation sites is 2. The van der Waals surface area contributed by atoms with E-state index in [9.17, 15) is 14.5 Å². The Labute approximate surface area is 119 Å². The van der Waals surface area contributed by atoms with Crippen LogP contribution in [0.2, 0.25) is 0 Å². The van der Waals surface area contributed by atoms with E-state index < -0.39 is 4.92 Å². The highest BCUT2D eigenvalue weighted by Gasteiger charge is 2.13. The molecule has 0 spiro atoms. The molecule has 0 bridgehead atoms. The van der Waals surface area contributed by atoms with Gasteiger partial charge in [0.1, 0.15) is 5.82 Å². The largest absolute Gasteiger partial charge is 0.486 e. The number of rotatable bonds is 6. The third kappa shape index (κ3) is 3.71. The summed E-state index contributed by atoms with van der Waals surface area (Å²) in [6, 6.07) is 12.7. The fraction of sp³-hybridized carbons (Fsp3) is 0.143. The molecule has 0 amide bonds. The molecule has 0 aromatic heterocycles. The van der Waals surface area contributed by atoms with Crippen molar-refractivity contribution in [2.45, 2.75) is 4.90 Å². The van der Waals surface area contributed by atoms with Crippen molar-refractivity contribution in [2.24, 2.45) is 0 Å². The maximum absolute atomic E-state index is 13.4. The lowest BCUT2D eigenvalue weighted by molar-refractivity contribution is -0.385. The Morgan fingerprint density at radius 2 is 1.85 bits per heavy atom. The zero-order chi connectivity index (χ0) is 14.4. The summed E-state index contributed by atoms with van der Waals surface area (Å²) in [5, 5.41) is 10.8. The summed E-state index contributed by atoms with van der Waals surface area (Å²) in [7, 11) is 0. The van der Waals surface area contributed by atoms with E-state index in [1.54, 1.807) is 36.4 Å². The number of hydrogen-bond donors (Lipinski definition) is 0. The second kappa shape index (κ2) is 6.91. The van der Waals surface area contributed by atoms with Crippen molar-refractivity contribution in [3.05, 3.63) is 64.5 Å². The second-order valence-electron chi connectivity index (χ2n) is 3.85. The molecule has 0 aliphatic carbocycles. The minimum Gasteiger partial charge on any atom is -0.486 e. The van der Waals surface area contributed by atoms with E-state index in [1.807, 2.05) is 0 Å². The Bertz CT molecular complexity index is 606. The number of nitrogens with zero attached hydrogens (tertiary/aromatic N) is 1. The summed E-state index contributed by atoms with van der Waals surface area (Å²) in [4.78, 5) is 10.8. The van der Waals surface area contributed by atoms with Crippen LogP contribution >= 0.6 is 11.8 Å². The molecule has 0 unspecified atom stereocenters. The highest BCUT2D eigenvalue weighted by atomic mass is 32.2. The molecule has 0 radical (unpaired) electrons. The molecule has 4 nitrogen and oxygen atoms in total. The third-order valence-electron chi connectivity index (χ3n) is 2.50. The van der Waals surface area contributed by atoms with E-state index in [2.05, 4.69) is 0 Å². The fourth-order valence-electron chi connectivity index (χ4n) is 1.60. The van der Waals surface area contributed by atoms with E-state index in [1.165, 1.54) is 23.9 Å². The van der Waals surface area contributed by atoms with Gasteiger partial charge in [0, 0.05) is 16.7 Å². The highest BCUT2D eigenvalue weighted by molar-refractivity contribution is 7.99. The first kappa shape index (κ1) is 14.3. The number of nitro groups is 1. The summed E-state index contributed by atoms with van der Waals surface area (Å²) in [6.45, 7) is 0.268. The van der Waals surface area contributed by atoms with Crippen LogP contribution in [0.4, 0.5) is 10.1 Å². The highest BCUT2D eigenvalue weighted by Crippen LogP contribution is 2.26. The molecule has 2 aromatic carbocycles. The lowest BCUT2D eigenvalue weighted by Gasteiger charge is -2.06. The summed E-state index contributed by atoms with van der Waals surface area (Å²) in [6.07, 6.45) is 0. The van der Waals surface area contributed by atoms with Gasteiger partial charge in [-0.1, -0.05) is 24.3 Å². The molecular formula is C14H12FNO3S. The van der Waals surface area contributed by atoms with Crippen LogP contribution in [0.5, 0.6) is 5.75 Å². The standard InChI is InChI=1S/C14H12FNO3S/c15-11-5-1-4-8-14(11)20-10-9-19-13-7-3-2-6-12(13)16(17)18/h1-8H,9-10H2. The van der Waals surface area contributed by atoms with Gasteiger partial charge in [0.15, 0.2) is 5.75 Å². The van der Waals surface area contributed by atoms with Crippen LogP contribution in [-0.2, 0) is 0 Å². The zero-order valence-electron chi connectivity index (χ0n) is 10.5. The smallest absolute Gasteiger partial charge is 0.310 e. The predicted molar refractivity (Wildman–Crippen MR) is 75.7 cm³/mol. The molecule has 20 heavy (non-hydrogen) atoms. The van der Waals surface area contributed by atoms with Crippen molar-refractivity contribution >= 4 is 17.4 Å². The van der Waals surface area contributed by atoms with Crippen LogP contribution in [0.1, 0.15) is 0 Å². The van der Waals surface area contributed by atoms with Gasteiger partial charge in [0.25, 0.3) is 0 Å². The molecule has 0 saturated carbocycles. The first-order valence-corrected chi connectivity index (χ1v) is 6.90. The van der Waals surface area contributed by atoms with Crippen molar-refractivity contribution in [3.8, 4) is 5.75 Å². The maximum atomic E-state index is 13.4. The molecule has 0 aliphatic rings. The lowest BCUT2D eigenvalue weighted by atomic mass is 10.3. The Morgan fingerprint density at radius 1 is 1.15 bits per heavy atom. The van der Waals surface area contributed by atoms with Gasteiger partial charge in [-0.2, -0.15) is 0 Å². The van der Waals surface area contributed by atoms with Crippen LogP contribution in [0.15, 0.2) is 53.4 Å². The average Bonchev–Trinajstić information content (AvgIpc) is 2.45. The minimum absolute atomic E-state index is 0.0663. The van der Waals surface area contributed by atoms with Crippen molar-refractivity contribution in [3.63, 3.8) is 0 Å². The second-order valence-corrected chi connectivity index (χ2v) is 4.99. The van der Waals surface area contributed by atoms with E-state index in [0.29, 0.717) is 10.6 Å². The monoisotopic (exact) mass is 293 g/mol. The van der Waals surface area contributed by atoms with Gasteiger partial charge in [0.05, 0.1) is 11.5 Å².